The molecule has 5 aromatic carbocycles. The highest BCUT2D eigenvalue weighted by atomic mass is 32.2. The molecule has 0 aliphatic carbocycles. The summed E-state index contributed by atoms with van der Waals surface area (Å²) in [6, 6.07) is 46.4. The van der Waals surface area contributed by atoms with Gasteiger partial charge in [-0.3, -0.25) is 4.98 Å². The molecule has 0 saturated heterocycles. The van der Waals surface area contributed by atoms with E-state index in [4.69, 9.17) is 15.8 Å². The van der Waals surface area contributed by atoms with E-state index in [9.17, 15) is 0 Å². The fourth-order valence-corrected chi connectivity index (χ4v) is 7.03. The average Bonchev–Trinajstić information content (AvgIpc) is 3.10. The Balaban J connectivity index is 1.14. The van der Waals surface area contributed by atoms with Gasteiger partial charge in [0, 0.05) is 22.2 Å². The molecule has 5 heterocycles. The summed E-state index contributed by atoms with van der Waals surface area (Å²) in [6.07, 6.45) is 0. The molecule has 0 atom stereocenters. The van der Waals surface area contributed by atoms with Gasteiger partial charge in [-0.25, -0.2) is 0 Å². The minimum Gasteiger partial charge on any atom is -0.487 e. The molecule has 0 spiro atoms. The molecular formula is C40H33NO2S2. The van der Waals surface area contributed by atoms with E-state index < -0.39 is 0 Å². The molecule has 222 valence electrons. The molecule has 10 rings (SSSR count). The summed E-state index contributed by atoms with van der Waals surface area (Å²) in [4.78, 5) is 5.91. The molecule has 3 nitrogen and oxygen atoms in total. The van der Waals surface area contributed by atoms with Gasteiger partial charge in [-0.15, -0.1) is 11.8 Å². The molecule has 4 aliphatic heterocycles. The maximum atomic E-state index is 9.09. The lowest BCUT2D eigenvalue weighted by Crippen LogP contribution is -2.03. The van der Waals surface area contributed by atoms with Crippen molar-refractivity contribution in [1.82, 2.24) is 4.98 Å². The molecule has 45 heavy (non-hydrogen) atoms. The Morgan fingerprint density at radius 2 is 1.02 bits per heavy atom. The number of ether oxygens (including phenoxy) is 2. The minimum absolute atomic E-state index is 0.393. The first-order chi connectivity index (χ1) is 22.7. The van der Waals surface area contributed by atoms with Gasteiger partial charge in [-0.2, -0.15) is 11.8 Å². The number of hydrogen-bond donors (Lipinski definition) is 0. The molecule has 0 unspecified atom stereocenters. The third kappa shape index (κ3) is 7.80. The monoisotopic (exact) mass is 624 g/mol. The lowest BCUT2D eigenvalue weighted by molar-refractivity contribution is 0.290. The number of thioether (sulfide) groups is 2. The summed E-state index contributed by atoms with van der Waals surface area (Å²) in [7, 11) is 0. The van der Waals surface area contributed by atoms with E-state index in [1.807, 2.05) is 66.4 Å². The van der Waals surface area contributed by atoms with Crippen molar-refractivity contribution in [3.63, 3.8) is 0 Å². The van der Waals surface area contributed by atoms with Crippen LogP contribution in [-0.4, -0.2) is 4.98 Å². The smallest absolute Gasteiger partial charge is 0.130 e. The Bertz CT molecular complexity index is 1930. The zero-order chi connectivity index (χ0) is 31.1. The highest BCUT2D eigenvalue weighted by molar-refractivity contribution is 7.98. The molecule has 6 aromatic rings. The molecule has 4 aliphatic rings. The normalized spacial score (nSPS) is 13.8. The van der Waals surface area contributed by atoms with E-state index in [0.29, 0.717) is 19.3 Å². The van der Waals surface area contributed by atoms with Crippen molar-refractivity contribution in [2.75, 3.05) is 0 Å². The Morgan fingerprint density at radius 3 is 1.67 bits per heavy atom. The summed E-state index contributed by atoms with van der Waals surface area (Å²) in [5.41, 5.74) is 9.50. The van der Waals surface area contributed by atoms with Crippen molar-refractivity contribution in [3.8, 4) is 33.8 Å². The maximum Gasteiger partial charge on any atom is 0.130 e. The first-order valence-corrected chi connectivity index (χ1v) is 17.2. The Kier molecular flexibility index (Phi) is 8.79. The molecule has 1 aromatic heterocycles. The number of aromatic nitrogens is 1. The molecule has 0 amide bonds. The molecule has 0 radical (unpaired) electrons. The molecule has 5 heteroatoms. The number of pyridine rings is 1. The van der Waals surface area contributed by atoms with Crippen molar-refractivity contribution in [2.45, 2.75) is 35.4 Å². The second-order valence-electron chi connectivity index (χ2n) is 11.0. The predicted octanol–water partition coefficient (Wildman–Crippen LogP) is 10.6. The van der Waals surface area contributed by atoms with Crippen LogP contribution in [0.5, 0.6) is 11.5 Å². The lowest BCUT2D eigenvalue weighted by Gasteiger charge is -2.11. The Morgan fingerprint density at radius 1 is 0.511 bits per heavy atom. The largest absolute Gasteiger partial charge is 0.487 e. The quantitative estimate of drug-likeness (QED) is 0.168. The highest BCUT2D eigenvalue weighted by Gasteiger charge is 2.07. The fraction of sp³-hybridized carbons (Fsp3) is 0.125. The topological polar surface area (TPSA) is 31.4 Å². The first-order valence-electron chi connectivity index (χ1n) is 15.5. The molecular weight excluding hydrogens is 591 g/mol. The van der Waals surface area contributed by atoms with Crippen LogP contribution in [0, 0.1) is 0 Å². The molecule has 12 bridgehead atoms. The number of nitrogens with zero attached hydrogens (tertiary/aromatic N) is 1. The highest BCUT2D eigenvalue weighted by Crippen LogP contribution is 2.31. The van der Waals surface area contributed by atoms with E-state index in [-0.39, 0.29) is 0 Å². The van der Waals surface area contributed by atoms with E-state index in [0.717, 1.165) is 62.4 Å². The second-order valence-corrected chi connectivity index (χ2v) is 13.0. The first kappa shape index (κ1) is 28.1. The molecule has 0 N–H and O–H groups in total. The van der Waals surface area contributed by atoms with Crippen molar-refractivity contribution >= 4 is 23.5 Å². The third-order valence-electron chi connectivity index (χ3n) is 7.63. The zero-order valence-corrected chi connectivity index (χ0v) is 26.5. The van der Waals surface area contributed by atoms with Gasteiger partial charge in [0.2, 0.25) is 0 Å². The fourth-order valence-electron chi connectivity index (χ4n) is 5.16. The van der Waals surface area contributed by atoms with Crippen LogP contribution in [-0.2, 0) is 30.5 Å². The summed E-state index contributed by atoms with van der Waals surface area (Å²) < 4.78 is 21.2. The lowest BCUT2D eigenvalue weighted by atomic mass is 9.98. The van der Waals surface area contributed by atoms with Crippen LogP contribution in [0.2, 0.25) is 0 Å². The molecule has 0 fully saturated rings. The van der Waals surface area contributed by atoms with Crippen LogP contribution in [0.15, 0.2) is 144 Å². The predicted molar refractivity (Wildman–Crippen MR) is 188 cm³/mol. The number of fused-ring (bicyclic) bond motifs is 3. The van der Waals surface area contributed by atoms with Crippen LogP contribution < -0.4 is 9.47 Å². The Hall–Kier alpha value is -4.45. The van der Waals surface area contributed by atoms with Crippen molar-refractivity contribution < 1.29 is 10.8 Å². The van der Waals surface area contributed by atoms with Crippen LogP contribution in [0.4, 0.5) is 0 Å². The second kappa shape index (κ2) is 14.1. The zero-order valence-electron chi connectivity index (χ0n) is 25.8. The molecule has 0 saturated carbocycles. The van der Waals surface area contributed by atoms with Crippen LogP contribution in [0.1, 0.15) is 29.4 Å². The average molecular weight is 625 g/mol. The van der Waals surface area contributed by atoms with E-state index >= 15 is 0 Å². The SMILES string of the molecule is [2H]c1c2cccc1-c1cccc(c1)SCc1ccc(cc1)OCc1cccc(n1)COc1ccc(cc1)CSCc1ccc-2cc1. The van der Waals surface area contributed by atoms with Gasteiger partial charge >= 0.3 is 0 Å². The number of rotatable bonds is 0. The third-order valence-corrected chi connectivity index (χ3v) is 9.77. The van der Waals surface area contributed by atoms with Crippen molar-refractivity contribution in [2.24, 2.45) is 0 Å². The van der Waals surface area contributed by atoms with Crippen LogP contribution in [0.3, 0.4) is 0 Å². The van der Waals surface area contributed by atoms with Crippen molar-refractivity contribution in [1.29, 1.82) is 0 Å². The van der Waals surface area contributed by atoms with Crippen LogP contribution in [0.25, 0.3) is 22.3 Å². The van der Waals surface area contributed by atoms with E-state index in [2.05, 4.69) is 78.9 Å². The van der Waals surface area contributed by atoms with E-state index in [1.165, 1.54) is 21.6 Å². The minimum atomic E-state index is 0.393. The summed E-state index contributed by atoms with van der Waals surface area (Å²) >= 11 is 3.68. The van der Waals surface area contributed by atoms with Gasteiger partial charge in [0.1, 0.15) is 24.7 Å². The summed E-state index contributed by atoms with van der Waals surface area (Å²) in [6.45, 7) is 0.795. The standard InChI is InChI=1S/C40H33NO2S2/c1-4-33-22-34(5-1)35-6-2-9-40(23-35)45-28-31-14-20-39(21-15-31)43-25-37-8-3-7-36(41-37)24-42-38-18-12-30(13-19-38)27-44-26-29-10-16-32(33)17-11-29/h1-23H,24-28H2/i22D. The Labute approximate surface area is 275 Å². The van der Waals surface area contributed by atoms with Gasteiger partial charge < -0.3 is 9.47 Å². The number of benzene rings is 5. The van der Waals surface area contributed by atoms with Gasteiger partial charge in [0.15, 0.2) is 0 Å². The van der Waals surface area contributed by atoms with Gasteiger partial charge in [-0.1, -0.05) is 84.9 Å². The maximum absolute atomic E-state index is 9.09. The van der Waals surface area contributed by atoms with Gasteiger partial charge in [-0.05, 0) is 93.5 Å². The van der Waals surface area contributed by atoms with E-state index in [1.54, 1.807) is 11.8 Å². The number of hydrogen-bond acceptors (Lipinski definition) is 5. The summed E-state index contributed by atoms with van der Waals surface area (Å²) in [5.74, 6) is 4.33. The van der Waals surface area contributed by atoms with Crippen LogP contribution >= 0.6 is 23.5 Å². The van der Waals surface area contributed by atoms with Gasteiger partial charge in [0.05, 0.1) is 12.8 Å². The summed E-state index contributed by atoms with van der Waals surface area (Å²) in [5, 5.41) is 0. The van der Waals surface area contributed by atoms with Gasteiger partial charge in [0.25, 0.3) is 0 Å². The van der Waals surface area contributed by atoms with Crippen molar-refractivity contribution in [3.05, 3.63) is 168 Å².